The molecule has 1 saturated heterocycles. The van der Waals surface area contributed by atoms with Crippen LogP contribution in [0.3, 0.4) is 0 Å². The Kier molecular flexibility index (Phi) is 7.20. The van der Waals surface area contributed by atoms with Gasteiger partial charge in [0.2, 0.25) is 0 Å². The van der Waals surface area contributed by atoms with Crippen LogP contribution in [-0.4, -0.2) is 49.9 Å². The predicted octanol–water partition coefficient (Wildman–Crippen LogP) is 3.82. The lowest BCUT2D eigenvalue weighted by atomic mass is 10.0. The number of aryl methyl sites for hydroxylation is 1. The van der Waals surface area contributed by atoms with Crippen molar-refractivity contribution in [2.45, 2.75) is 53.0 Å². The van der Waals surface area contributed by atoms with Crippen LogP contribution < -0.4 is 4.74 Å². The first-order valence-electron chi connectivity index (χ1n) is 9.43. The van der Waals surface area contributed by atoms with E-state index in [0.29, 0.717) is 23.7 Å². The molecular formula is C20H30ClNO4S. The van der Waals surface area contributed by atoms with Crippen molar-refractivity contribution in [1.82, 2.24) is 4.90 Å². The van der Waals surface area contributed by atoms with E-state index in [2.05, 4.69) is 0 Å². The topological polar surface area (TPSA) is 63.7 Å². The molecule has 1 atom stereocenters. The van der Waals surface area contributed by atoms with E-state index in [-0.39, 0.29) is 41.9 Å². The van der Waals surface area contributed by atoms with E-state index in [1.54, 1.807) is 4.90 Å². The fourth-order valence-corrected chi connectivity index (χ4v) is 5.24. The highest BCUT2D eigenvalue weighted by molar-refractivity contribution is 7.91. The Bertz CT molecular complexity index is 789. The summed E-state index contributed by atoms with van der Waals surface area (Å²) in [6, 6.07) is 3.49. The summed E-state index contributed by atoms with van der Waals surface area (Å²) in [5.74, 6) is 1.13. The summed E-state index contributed by atoms with van der Waals surface area (Å²) in [4.78, 5) is 14.6. The third-order valence-corrected chi connectivity index (χ3v) is 6.95. The first kappa shape index (κ1) is 22.0. The molecular weight excluding hydrogens is 386 g/mol. The Morgan fingerprint density at radius 1 is 1.30 bits per heavy atom. The molecule has 1 aromatic rings. The number of hydrogen-bond acceptors (Lipinski definition) is 4. The predicted molar refractivity (Wildman–Crippen MR) is 109 cm³/mol. The highest BCUT2D eigenvalue weighted by Crippen LogP contribution is 2.32. The number of halogens is 1. The quantitative estimate of drug-likeness (QED) is 0.679. The van der Waals surface area contributed by atoms with Crippen molar-refractivity contribution in [1.29, 1.82) is 0 Å². The van der Waals surface area contributed by atoms with Crippen molar-refractivity contribution in [3.8, 4) is 5.75 Å². The molecule has 0 radical (unpaired) electrons. The van der Waals surface area contributed by atoms with Gasteiger partial charge in [-0.2, -0.15) is 0 Å². The summed E-state index contributed by atoms with van der Waals surface area (Å²) in [6.45, 7) is 10.4. The molecule has 1 amide bonds. The van der Waals surface area contributed by atoms with E-state index < -0.39 is 9.84 Å². The molecule has 1 aromatic carbocycles. The fraction of sp³-hybridized carbons (Fsp3) is 0.650. The van der Waals surface area contributed by atoms with Crippen LogP contribution in [0.4, 0.5) is 0 Å². The molecule has 1 fully saturated rings. The van der Waals surface area contributed by atoms with E-state index in [1.807, 2.05) is 46.8 Å². The van der Waals surface area contributed by atoms with Crippen LogP contribution in [0, 0.1) is 12.8 Å². The minimum atomic E-state index is -3.05. The molecule has 152 valence electrons. The van der Waals surface area contributed by atoms with Crippen molar-refractivity contribution < 1.29 is 17.9 Å². The van der Waals surface area contributed by atoms with Crippen LogP contribution in [0.5, 0.6) is 5.75 Å². The van der Waals surface area contributed by atoms with Gasteiger partial charge in [-0.25, -0.2) is 8.42 Å². The molecule has 0 saturated carbocycles. The van der Waals surface area contributed by atoms with Crippen LogP contribution >= 0.6 is 11.6 Å². The zero-order chi connectivity index (χ0) is 20.4. The van der Waals surface area contributed by atoms with E-state index in [1.165, 1.54) is 0 Å². The monoisotopic (exact) mass is 415 g/mol. The number of ether oxygens (including phenoxy) is 1. The van der Waals surface area contributed by atoms with E-state index in [9.17, 15) is 13.2 Å². The third kappa shape index (κ3) is 5.85. The van der Waals surface area contributed by atoms with Crippen LogP contribution in [0.15, 0.2) is 12.1 Å². The largest absolute Gasteiger partial charge is 0.483 e. The Morgan fingerprint density at radius 2 is 1.96 bits per heavy atom. The molecule has 0 unspecified atom stereocenters. The number of rotatable bonds is 7. The van der Waals surface area contributed by atoms with Crippen LogP contribution in [0.2, 0.25) is 5.02 Å². The second-order valence-electron chi connectivity index (χ2n) is 8.08. The van der Waals surface area contributed by atoms with E-state index >= 15 is 0 Å². The Morgan fingerprint density at radius 3 is 2.48 bits per heavy atom. The number of hydrogen-bond donors (Lipinski definition) is 0. The molecule has 1 aliphatic rings. The number of nitrogens with zero attached hydrogens (tertiary/aromatic N) is 1. The van der Waals surface area contributed by atoms with Gasteiger partial charge in [-0.05, 0) is 48.4 Å². The zero-order valence-corrected chi connectivity index (χ0v) is 18.4. The van der Waals surface area contributed by atoms with Crippen molar-refractivity contribution >= 4 is 27.3 Å². The molecule has 2 rings (SSSR count). The maximum atomic E-state index is 12.9. The molecule has 1 heterocycles. The van der Waals surface area contributed by atoms with E-state index in [4.69, 9.17) is 16.3 Å². The molecule has 0 aliphatic carbocycles. The lowest BCUT2D eigenvalue weighted by molar-refractivity contribution is -0.135. The molecule has 0 spiro atoms. The zero-order valence-electron chi connectivity index (χ0n) is 16.8. The summed E-state index contributed by atoms with van der Waals surface area (Å²) < 4.78 is 29.6. The SMILES string of the molecule is Cc1cc(OCC(=O)N(CC(C)C)[C@H]2CCS(=O)(=O)C2)c(C(C)C)cc1Cl. The minimum Gasteiger partial charge on any atom is -0.483 e. The fourth-order valence-electron chi connectivity index (χ4n) is 3.34. The normalized spacial score (nSPS) is 18.9. The second kappa shape index (κ2) is 8.82. The number of amides is 1. The second-order valence-corrected chi connectivity index (χ2v) is 10.7. The van der Waals surface area contributed by atoms with Crippen LogP contribution in [-0.2, 0) is 14.6 Å². The van der Waals surface area contributed by atoms with Gasteiger partial charge in [0.15, 0.2) is 16.4 Å². The van der Waals surface area contributed by atoms with Crippen LogP contribution in [0.25, 0.3) is 0 Å². The average molecular weight is 416 g/mol. The summed E-state index contributed by atoms with van der Waals surface area (Å²) in [6.07, 6.45) is 0.498. The van der Waals surface area contributed by atoms with Gasteiger partial charge in [-0.1, -0.05) is 39.3 Å². The number of carbonyl (C=O) groups is 1. The molecule has 7 heteroatoms. The van der Waals surface area contributed by atoms with Crippen molar-refractivity contribution in [3.63, 3.8) is 0 Å². The van der Waals surface area contributed by atoms with Gasteiger partial charge in [-0.15, -0.1) is 0 Å². The Labute approximate surface area is 167 Å². The molecule has 0 N–H and O–H groups in total. The standard InChI is InChI=1S/C20H30ClNO4S/c1-13(2)10-22(16-6-7-27(24,25)12-16)20(23)11-26-19-8-15(5)18(21)9-17(19)14(3)4/h8-9,13-14,16H,6-7,10-12H2,1-5H3/t16-/m0/s1. The van der Waals surface area contributed by atoms with Crippen molar-refractivity contribution in [3.05, 3.63) is 28.3 Å². The Hall–Kier alpha value is -1.27. The molecule has 1 aliphatic heterocycles. The molecule has 0 bridgehead atoms. The lowest BCUT2D eigenvalue weighted by Crippen LogP contribution is -2.45. The summed E-state index contributed by atoms with van der Waals surface area (Å²) in [5.41, 5.74) is 1.85. The summed E-state index contributed by atoms with van der Waals surface area (Å²) in [5, 5.41) is 0.676. The third-order valence-electron chi connectivity index (χ3n) is 4.80. The first-order chi connectivity index (χ1) is 12.5. The van der Waals surface area contributed by atoms with E-state index in [0.717, 1.165) is 11.1 Å². The smallest absolute Gasteiger partial charge is 0.260 e. The highest BCUT2D eigenvalue weighted by Gasteiger charge is 2.35. The van der Waals surface area contributed by atoms with Gasteiger partial charge in [0.05, 0.1) is 11.5 Å². The number of sulfone groups is 1. The van der Waals surface area contributed by atoms with Gasteiger partial charge in [-0.3, -0.25) is 4.79 Å². The summed E-state index contributed by atoms with van der Waals surface area (Å²) in [7, 11) is -3.05. The van der Waals surface area contributed by atoms with Gasteiger partial charge in [0.1, 0.15) is 5.75 Å². The molecule has 27 heavy (non-hydrogen) atoms. The highest BCUT2D eigenvalue weighted by atomic mass is 35.5. The average Bonchev–Trinajstić information content (AvgIpc) is 2.92. The van der Waals surface area contributed by atoms with Crippen molar-refractivity contribution in [2.24, 2.45) is 5.92 Å². The Balaban J connectivity index is 2.15. The molecule has 5 nitrogen and oxygen atoms in total. The van der Waals surface area contributed by atoms with Gasteiger partial charge in [0, 0.05) is 17.6 Å². The van der Waals surface area contributed by atoms with Gasteiger partial charge < -0.3 is 9.64 Å². The minimum absolute atomic E-state index is 0.0444. The maximum absolute atomic E-state index is 12.9. The van der Waals surface area contributed by atoms with Crippen LogP contribution in [0.1, 0.15) is 51.2 Å². The first-order valence-corrected chi connectivity index (χ1v) is 11.6. The summed E-state index contributed by atoms with van der Waals surface area (Å²) >= 11 is 6.23. The van der Waals surface area contributed by atoms with Gasteiger partial charge >= 0.3 is 0 Å². The maximum Gasteiger partial charge on any atom is 0.260 e. The van der Waals surface area contributed by atoms with Crippen molar-refractivity contribution in [2.75, 3.05) is 24.7 Å². The number of carbonyl (C=O) groups excluding carboxylic acids is 1. The number of benzene rings is 1. The molecule has 0 aromatic heterocycles. The van der Waals surface area contributed by atoms with Gasteiger partial charge in [0.25, 0.3) is 5.91 Å². The lowest BCUT2D eigenvalue weighted by Gasteiger charge is -2.30.